The predicted molar refractivity (Wildman–Crippen MR) is 110 cm³/mol. The van der Waals surface area contributed by atoms with Gasteiger partial charge < -0.3 is 14.8 Å². The predicted octanol–water partition coefficient (Wildman–Crippen LogP) is 1.69. The molecular formula is C22H29N5O2. The molecular weight excluding hydrogens is 366 g/mol. The van der Waals surface area contributed by atoms with E-state index in [4.69, 9.17) is 0 Å². The van der Waals surface area contributed by atoms with Crippen molar-refractivity contribution in [3.8, 4) is 0 Å². The first kappa shape index (κ1) is 18.6. The molecule has 3 aliphatic rings. The molecule has 1 amide bonds. The summed E-state index contributed by atoms with van der Waals surface area (Å²) in [6.07, 6.45) is 6.62. The highest BCUT2D eigenvalue weighted by Gasteiger charge is 2.34. The van der Waals surface area contributed by atoms with Crippen molar-refractivity contribution in [2.45, 2.75) is 51.0 Å². The lowest BCUT2D eigenvalue weighted by Crippen LogP contribution is -2.48. The van der Waals surface area contributed by atoms with E-state index >= 15 is 0 Å². The van der Waals surface area contributed by atoms with Gasteiger partial charge in [-0.25, -0.2) is 0 Å². The molecule has 2 bridgehead atoms. The van der Waals surface area contributed by atoms with Crippen LogP contribution >= 0.6 is 0 Å². The molecule has 0 saturated carbocycles. The number of pyridine rings is 1. The molecule has 5 rings (SSSR count). The standard InChI is InChI=1S/C22H29N5O2/c28-20-8-4-7-19-16-11-15(13-27(19)20)12-26(14-16)10-9-23-22(29)21-17-5-2-1-3-6-18(17)24-25-21/h4,7-8,15-16H,1-3,5-6,9-14H2,(H,23,29)(H,24,25). The Balaban J connectivity index is 1.19. The van der Waals surface area contributed by atoms with E-state index in [0.29, 0.717) is 24.1 Å². The van der Waals surface area contributed by atoms with E-state index in [1.807, 2.05) is 10.6 Å². The number of aryl methyl sites for hydroxylation is 1. The number of hydrogen-bond donors (Lipinski definition) is 2. The van der Waals surface area contributed by atoms with Crippen LogP contribution in [0.2, 0.25) is 0 Å². The summed E-state index contributed by atoms with van der Waals surface area (Å²) in [5.41, 5.74) is 4.14. The van der Waals surface area contributed by atoms with Crippen molar-refractivity contribution in [3.05, 3.63) is 51.2 Å². The Labute approximate surface area is 170 Å². The van der Waals surface area contributed by atoms with E-state index in [2.05, 4.69) is 26.5 Å². The van der Waals surface area contributed by atoms with Gasteiger partial charge in [0.25, 0.3) is 11.5 Å². The molecule has 1 saturated heterocycles. The maximum atomic E-state index is 12.7. The van der Waals surface area contributed by atoms with Gasteiger partial charge in [-0.1, -0.05) is 12.5 Å². The van der Waals surface area contributed by atoms with Gasteiger partial charge in [-0.3, -0.25) is 14.7 Å². The van der Waals surface area contributed by atoms with Crippen molar-refractivity contribution in [2.24, 2.45) is 5.92 Å². The maximum Gasteiger partial charge on any atom is 0.272 e. The van der Waals surface area contributed by atoms with Crippen molar-refractivity contribution in [1.29, 1.82) is 0 Å². The molecule has 2 unspecified atom stereocenters. The van der Waals surface area contributed by atoms with Crippen molar-refractivity contribution >= 4 is 5.91 Å². The van der Waals surface area contributed by atoms with E-state index < -0.39 is 0 Å². The second kappa shape index (κ2) is 7.78. The van der Waals surface area contributed by atoms with Crippen LogP contribution in [0.5, 0.6) is 0 Å². The molecule has 7 heteroatoms. The lowest BCUT2D eigenvalue weighted by Gasteiger charge is -2.42. The molecule has 7 nitrogen and oxygen atoms in total. The van der Waals surface area contributed by atoms with Gasteiger partial charge in [0, 0.05) is 61.7 Å². The fourth-order valence-corrected chi connectivity index (χ4v) is 5.43. The number of hydrogen-bond acceptors (Lipinski definition) is 4. The minimum atomic E-state index is -0.0569. The Kier molecular flexibility index (Phi) is 4.99. The van der Waals surface area contributed by atoms with Crippen LogP contribution in [0.25, 0.3) is 0 Å². The molecule has 2 aromatic heterocycles. The molecule has 0 spiro atoms. The molecule has 0 radical (unpaired) electrons. The van der Waals surface area contributed by atoms with Gasteiger partial charge in [0.15, 0.2) is 5.69 Å². The number of aromatic nitrogens is 3. The Morgan fingerprint density at radius 2 is 2.07 bits per heavy atom. The third-order valence-corrected chi connectivity index (χ3v) is 6.79. The van der Waals surface area contributed by atoms with E-state index in [1.165, 1.54) is 18.5 Å². The van der Waals surface area contributed by atoms with Crippen LogP contribution in [0.3, 0.4) is 0 Å². The van der Waals surface area contributed by atoms with Gasteiger partial charge >= 0.3 is 0 Å². The number of likely N-dealkylation sites (tertiary alicyclic amines) is 1. The average molecular weight is 396 g/mol. The van der Waals surface area contributed by atoms with Crippen molar-refractivity contribution < 1.29 is 4.79 Å². The van der Waals surface area contributed by atoms with E-state index in [1.54, 1.807) is 6.07 Å². The van der Waals surface area contributed by atoms with E-state index in [0.717, 1.165) is 63.1 Å². The Morgan fingerprint density at radius 3 is 3.00 bits per heavy atom. The van der Waals surface area contributed by atoms with Crippen LogP contribution in [0.4, 0.5) is 0 Å². The third kappa shape index (κ3) is 3.64. The number of H-pyrrole nitrogens is 1. The number of nitrogens with one attached hydrogen (secondary N) is 2. The Hall–Kier alpha value is -2.41. The molecule has 4 heterocycles. The SMILES string of the molecule is O=C(NCCN1CC2CC(C1)c1cccc(=O)n1C2)c1n[nH]c2c1CCCCC2. The number of aromatic amines is 1. The number of rotatable bonds is 4. The number of nitrogens with zero attached hydrogens (tertiary/aromatic N) is 3. The molecule has 2 atom stereocenters. The minimum absolute atomic E-state index is 0.0569. The van der Waals surface area contributed by atoms with Crippen LogP contribution in [0, 0.1) is 5.92 Å². The zero-order valence-corrected chi connectivity index (χ0v) is 16.8. The molecule has 1 fully saturated rings. The fourth-order valence-electron chi connectivity index (χ4n) is 5.43. The van der Waals surface area contributed by atoms with Gasteiger partial charge in [-0.05, 0) is 44.1 Å². The van der Waals surface area contributed by atoms with E-state index in [9.17, 15) is 9.59 Å². The molecule has 0 aromatic carbocycles. The molecule has 154 valence electrons. The molecule has 29 heavy (non-hydrogen) atoms. The summed E-state index contributed by atoms with van der Waals surface area (Å²) in [6, 6.07) is 5.63. The van der Waals surface area contributed by atoms with Crippen molar-refractivity contribution in [3.63, 3.8) is 0 Å². The number of amides is 1. The monoisotopic (exact) mass is 395 g/mol. The van der Waals surface area contributed by atoms with Gasteiger partial charge in [0.2, 0.25) is 0 Å². The number of fused-ring (bicyclic) bond motifs is 5. The highest BCUT2D eigenvalue weighted by atomic mass is 16.2. The highest BCUT2D eigenvalue weighted by Crippen LogP contribution is 2.34. The Bertz CT molecular complexity index is 962. The topological polar surface area (TPSA) is 83.0 Å². The first-order valence-electron chi connectivity index (χ1n) is 11.0. The smallest absolute Gasteiger partial charge is 0.272 e. The molecule has 2 N–H and O–H groups in total. The minimum Gasteiger partial charge on any atom is -0.349 e. The molecule has 2 aliphatic heterocycles. The van der Waals surface area contributed by atoms with Crippen LogP contribution in [-0.2, 0) is 19.4 Å². The molecule has 1 aliphatic carbocycles. The van der Waals surface area contributed by atoms with Gasteiger partial charge in [-0.15, -0.1) is 0 Å². The summed E-state index contributed by atoms with van der Waals surface area (Å²) in [7, 11) is 0. The summed E-state index contributed by atoms with van der Waals surface area (Å²) < 4.78 is 1.96. The van der Waals surface area contributed by atoms with Crippen LogP contribution < -0.4 is 10.9 Å². The summed E-state index contributed by atoms with van der Waals surface area (Å²) in [5.74, 6) is 0.867. The molecule has 2 aromatic rings. The van der Waals surface area contributed by atoms with Crippen LogP contribution in [0.1, 0.15) is 59.0 Å². The average Bonchev–Trinajstić information content (AvgIpc) is 2.97. The van der Waals surface area contributed by atoms with E-state index in [-0.39, 0.29) is 11.5 Å². The van der Waals surface area contributed by atoms with Gasteiger partial charge in [0.1, 0.15) is 0 Å². The van der Waals surface area contributed by atoms with Crippen LogP contribution in [0.15, 0.2) is 23.0 Å². The third-order valence-electron chi connectivity index (χ3n) is 6.79. The maximum absolute atomic E-state index is 12.7. The second-order valence-corrected chi connectivity index (χ2v) is 8.80. The lowest BCUT2D eigenvalue weighted by molar-refractivity contribution is 0.0922. The van der Waals surface area contributed by atoms with Gasteiger partial charge in [0.05, 0.1) is 0 Å². The summed E-state index contributed by atoms with van der Waals surface area (Å²) >= 11 is 0. The number of carbonyl (C=O) groups excluding carboxylic acids is 1. The normalized spacial score (nSPS) is 23.7. The summed E-state index contributed by atoms with van der Waals surface area (Å²) in [4.78, 5) is 27.3. The highest BCUT2D eigenvalue weighted by molar-refractivity contribution is 5.94. The quantitative estimate of drug-likeness (QED) is 0.772. The summed E-state index contributed by atoms with van der Waals surface area (Å²) in [6.45, 7) is 4.22. The van der Waals surface area contributed by atoms with Gasteiger partial charge in [-0.2, -0.15) is 5.10 Å². The first-order valence-corrected chi connectivity index (χ1v) is 11.0. The fraction of sp³-hybridized carbons (Fsp3) is 0.591. The number of carbonyl (C=O) groups is 1. The summed E-state index contributed by atoms with van der Waals surface area (Å²) in [5, 5.41) is 10.5. The zero-order valence-electron chi connectivity index (χ0n) is 16.8. The Morgan fingerprint density at radius 1 is 1.17 bits per heavy atom. The lowest BCUT2D eigenvalue weighted by atomic mass is 9.83. The first-order chi connectivity index (χ1) is 14.2. The second-order valence-electron chi connectivity index (χ2n) is 8.80. The zero-order chi connectivity index (χ0) is 19.8. The van der Waals surface area contributed by atoms with Crippen molar-refractivity contribution in [2.75, 3.05) is 26.2 Å². The largest absolute Gasteiger partial charge is 0.349 e. The van der Waals surface area contributed by atoms with Crippen LogP contribution in [-0.4, -0.2) is 51.8 Å². The van der Waals surface area contributed by atoms with Crippen molar-refractivity contribution in [1.82, 2.24) is 25.0 Å². The number of piperidine rings is 1.